The Balaban J connectivity index is 1.68. The molecule has 0 fully saturated rings. The minimum absolute atomic E-state index is 0.205. The lowest BCUT2D eigenvalue weighted by Gasteiger charge is -2.18. The van der Waals surface area contributed by atoms with Crippen molar-refractivity contribution >= 4 is 33.8 Å². The summed E-state index contributed by atoms with van der Waals surface area (Å²) in [5, 5.41) is 14.4. The van der Waals surface area contributed by atoms with E-state index < -0.39 is 0 Å². The fourth-order valence-corrected chi connectivity index (χ4v) is 2.52. The number of aliphatic imine (C=N–C) groups is 1. The van der Waals surface area contributed by atoms with Crippen molar-refractivity contribution in [1.29, 1.82) is 0 Å². The first-order valence-corrected chi connectivity index (χ1v) is 6.96. The second-order valence-electron chi connectivity index (χ2n) is 5.01. The van der Waals surface area contributed by atoms with Gasteiger partial charge in [-0.1, -0.05) is 24.3 Å². The zero-order valence-electron chi connectivity index (χ0n) is 11.6. The monoisotopic (exact) mass is 291 g/mol. The Bertz CT molecular complexity index is 930. The van der Waals surface area contributed by atoms with E-state index in [1.54, 1.807) is 6.07 Å². The first-order chi connectivity index (χ1) is 10.8. The number of aromatic amines is 1. The zero-order chi connectivity index (χ0) is 14.9. The van der Waals surface area contributed by atoms with Gasteiger partial charge in [0.25, 0.3) is 5.56 Å². The average Bonchev–Trinajstić information content (AvgIpc) is 2.57. The van der Waals surface area contributed by atoms with Crippen LogP contribution in [0.15, 0.2) is 58.3 Å². The molecule has 1 aromatic heterocycles. The number of nitrogens with zero attached hydrogens (tertiary/aromatic N) is 2. The number of benzene rings is 2. The molecule has 6 nitrogen and oxygen atoms in total. The molecule has 1 aliphatic heterocycles. The Morgan fingerprint density at radius 2 is 1.91 bits per heavy atom. The van der Waals surface area contributed by atoms with Crippen molar-refractivity contribution in [2.45, 2.75) is 0 Å². The van der Waals surface area contributed by atoms with E-state index in [1.807, 2.05) is 42.5 Å². The number of hydrogen-bond donors (Lipinski definition) is 3. The summed E-state index contributed by atoms with van der Waals surface area (Å²) in [5.74, 6) is 1.29. The van der Waals surface area contributed by atoms with Gasteiger partial charge in [-0.15, -0.1) is 0 Å². The van der Waals surface area contributed by atoms with Gasteiger partial charge in [0.15, 0.2) is 5.82 Å². The van der Waals surface area contributed by atoms with Gasteiger partial charge < -0.3 is 10.6 Å². The van der Waals surface area contributed by atoms with E-state index in [-0.39, 0.29) is 5.56 Å². The van der Waals surface area contributed by atoms with Gasteiger partial charge in [0.2, 0.25) is 0 Å². The van der Waals surface area contributed by atoms with Crippen LogP contribution in [0.4, 0.5) is 17.2 Å². The minimum atomic E-state index is -0.205. The number of amidine groups is 1. The molecule has 0 saturated heterocycles. The Morgan fingerprint density at radius 3 is 2.77 bits per heavy atom. The van der Waals surface area contributed by atoms with Crippen LogP contribution in [0.2, 0.25) is 0 Å². The smallest absolute Gasteiger partial charge is 0.272 e. The summed E-state index contributed by atoms with van der Waals surface area (Å²) in [7, 11) is 0. The van der Waals surface area contributed by atoms with Gasteiger partial charge in [-0.3, -0.25) is 4.79 Å². The van der Waals surface area contributed by atoms with Crippen molar-refractivity contribution in [2.75, 3.05) is 17.2 Å². The second-order valence-corrected chi connectivity index (χ2v) is 5.01. The number of nitrogens with one attached hydrogen (secondary N) is 3. The van der Waals surface area contributed by atoms with Gasteiger partial charge in [0.1, 0.15) is 5.84 Å². The number of aromatic nitrogens is 2. The second kappa shape index (κ2) is 5.00. The van der Waals surface area contributed by atoms with Crippen molar-refractivity contribution in [3.8, 4) is 0 Å². The maximum atomic E-state index is 11.8. The van der Waals surface area contributed by atoms with Crippen molar-refractivity contribution in [3.63, 3.8) is 0 Å². The maximum Gasteiger partial charge on any atom is 0.272 e. The van der Waals surface area contributed by atoms with Gasteiger partial charge in [0, 0.05) is 5.69 Å². The van der Waals surface area contributed by atoms with Gasteiger partial charge in [0.05, 0.1) is 23.0 Å². The lowest BCUT2D eigenvalue weighted by molar-refractivity contribution is 1.00. The molecule has 6 heteroatoms. The summed E-state index contributed by atoms with van der Waals surface area (Å²) < 4.78 is 0. The summed E-state index contributed by atoms with van der Waals surface area (Å²) in [6.07, 6.45) is 0. The average molecular weight is 291 g/mol. The Labute approximate surface area is 125 Å². The summed E-state index contributed by atoms with van der Waals surface area (Å²) in [6.45, 7) is 0.542. The van der Waals surface area contributed by atoms with E-state index in [0.29, 0.717) is 17.7 Å². The first kappa shape index (κ1) is 12.6. The van der Waals surface area contributed by atoms with Crippen LogP contribution in [0, 0.1) is 0 Å². The van der Waals surface area contributed by atoms with Crippen molar-refractivity contribution in [1.82, 2.24) is 10.2 Å². The highest BCUT2D eigenvalue weighted by Gasteiger charge is 2.16. The quantitative estimate of drug-likeness (QED) is 0.692. The van der Waals surface area contributed by atoms with Crippen molar-refractivity contribution in [3.05, 3.63) is 58.9 Å². The molecular weight excluding hydrogens is 278 g/mol. The molecule has 4 rings (SSSR count). The Hall–Kier alpha value is -3.15. The highest BCUT2D eigenvalue weighted by Crippen LogP contribution is 2.31. The Kier molecular flexibility index (Phi) is 2.86. The highest BCUT2D eigenvalue weighted by atomic mass is 16.1. The number of hydrogen-bond acceptors (Lipinski definition) is 5. The fourth-order valence-electron chi connectivity index (χ4n) is 2.52. The molecule has 0 radical (unpaired) electrons. The van der Waals surface area contributed by atoms with Crippen LogP contribution in [0.1, 0.15) is 0 Å². The molecule has 108 valence electrons. The summed E-state index contributed by atoms with van der Waals surface area (Å²) in [5.41, 5.74) is 1.67. The molecule has 0 spiro atoms. The van der Waals surface area contributed by atoms with E-state index in [9.17, 15) is 4.79 Å². The molecule has 1 aliphatic rings. The molecule has 0 aliphatic carbocycles. The Morgan fingerprint density at radius 1 is 1.05 bits per heavy atom. The molecule has 22 heavy (non-hydrogen) atoms. The summed E-state index contributed by atoms with van der Waals surface area (Å²) in [6, 6.07) is 15.4. The van der Waals surface area contributed by atoms with Gasteiger partial charge in [-0.25, -0.2) is 10.1 Å². The molecule has 0 atom stereocenters. The largest absolute Gasteiger partial charge is 0.378 e. The van der Waals surface area contributed by atoms with E-state index in [4.69, 9.17) is 0 Å². The molecule has 3 N–H and O–H groups in total. The van der Waals surface area contributed by atoms with Gasteiger partial charge in [-0.05, 0) is 24.3 Å². The van der Waals surface area contributed by atoms with Crippen molar-refractivity contribution < 1.29 is 0 Å². The van der Waals surface area contributed by atoms with Crippen LogP contribution in [0.25, 0.3) is 10.8 Å². The third-order valence-electron chi connectivity index (χ3n) is 3.55. The molecule has 0 bridgehead atoms. The van der Waals surface area contributed by atoms with Crippen molar-refractivity contribution in [2.24, 2.45) is 4.99 Å². The predicted molar refractivity (Wildman–Crippen MR) is 88.0 cm³/mol. The zero-order valence-corrected chi connectivity index (χ0v) is 11.6. The molecule has 0 unspecified atom stereocenters. The number of H-pyrrole nitrogens is 1. The van der Waals surface area contributed by atoms with Crippen LogP contribution < -0.4 is 16.2 Å². The number of anilines is 2. The molecule has 3 aromatic rings. The van der Waals surface area contributed by atoms with Crippen LogP contribution in [0.3, 0.4) is 0 Å². The van der Waals surface area contributed by atoms with E-state index >= 15 is 0 Å². The van der Waals surface area contributed by atoms with Crippen LogP contribution in [-0.4, -0.2) is 22.6 Å². The molecule has 2 aromatic carbocycles. The fraction of sp³-hybridized carbons (Fsp3) is 0.0625. The van der Waals surface area contributed by atoms with Crippen LogP contribution >= 0.6 is 0 Å². The normalized spacial score (nSPS) is 12.6. The van der Waals surface area contributed by atoms with E-state index in [2.05, 4.69) is 25.8 Å². The van der Waals surface area contributed by atoms with Gasteiger partial charge in [-0.2, -0.15) is 5.10 Å². The summed E-state index contributed by atoms with van der Waals surface area (Å²) >= 11 is 0. The van der Waals surface area contributed by atoms with E-state index in [0.717, 1.165) is 22.6 Å². The summed E-state index contributed by atoms with van der Waals surface area (Å²) in [4.78, 5) is 16.3. The lowest BCUT2D eigenvalue weighted by atomic mass is 10.1. The van der Waals surface area contributed by atoms with Crippen LogP contribution in [-0.2, 0) is 0 Å². The van der Waals surface area contributed by atoms with Gasteiger partial charge >= 0.3 is 0 Å². The molecule has 2 heterocycles. The van der Waals surface area contributed by atoms with Crippen LogP contribution in [0.5, 0.6) is 0 Å². The lowest BCUT2D eigenvalue weighted by Crippen LogP contribution is -2.25. The number of para-hydroxylation sites is 1. The highest BCUT2D eigenvalue weighted by molar-refractivity contribution is 6.13. The third kappa shape index (κ3) is 2.10. The maximum absolute atomic E-state index is 11.8. The third-order valence-corrected chi connectivity index (χ3v) is 3.55. The predicted octanol–water partition coefficient (Wildman–Crippen LogP) is 2.49. The molecular formula is C16H13N5O. The first-order valence-electron chi connectivity index (χ1n) is 6.96. The standard InChI is InChI=1S/C16H13N5O/c22-16-11-7-4-8-12-14(11)15(20-21-16)19-13(18-12)9-17-10-5-2-1-3-6-10/h1-8,17H,9H2,(H,21,22)(H,18,19,20). The number of rotatable bonds is 3. The topological polar surface area (TPSA) is 82.2 Å². The minimum Gasteiger partial charge on any atom is -0.378 e. The molecule has 0 amide bonds. The van der Waals surface area contributed by atoms with E-state index in [1.165, 1.54) is 0 Å². The SMILES string of the molecule is O=c1[nH]nc2c3c(cccc13)NC(CNc1ccccc1)=N2. The molecule has 0 saturated carbocycles.